The highest BCUT2D eigenvalue weighted by atomic mass is 16.6. The maximum absolute atomic E-state index is 11.7. The number of alkyl carbamates (subject to hydrolysis) is 1. The Bertz CT molecular complexity index is 303. The predicted octanol–water partition coefficient (Wildman–Crippen LogP) is 2.54. The van der Waals surface area contributed by atoms with Gasteiger partial charge in [-0.1, -0.05) is 12.8 Å². The van der Waals surface area contributed by atoms with Crippen molar-refractivity contribution in [3.8, 4) is 0 Å². The number of ether oxygens (including phenoxy) is 1. The monoisotopic (exact) mass is 257 g/mol. The van der Waals surface area contributed by atoms with Crippen LogP contribution in [-0.2, 0) is 9.53 Å². The van der Waals surface area contributed by atoms with Gasteiger partial charge in [0.1, 0.15) is 5.60 Å². The Balaban J connectivity index is 2.54. The van der Waals surface area contributed by atoms with Gasteiger partial charge in [0.15, 0.2) is 0 Å². The molecular weight excluding hydrogens is 234 g/mol. The third-order valence-electron chi connectivity index (χ3n) is 3.07. The molecule has 0 aliphatic heterocycles. The molecule has 0 heterocycles. The Hall–Kier alpha value is -1.26. The fourth-order valence-electron chi connectivity index (χ4n) is 2.34. The first kappa shape index (κ1) is 14.8. The number of amides is 1. The van der Waals surface area contributed by atoms with E-state index in [9.17, 15) is 9.59 Å². The van der Waals surface area contributed by atoms with E-state index in [0.29, 0.717) is 0 Å². The average Bonchev–Trinajstić information content (AvgIpc) is 2.64. The van der Waals surface area contributed by atoms with E-state index in [-0.39, 0.29) is 18.4 Å². The number of hydrogen-bond donors (Lipinski definition) is 2. The molecule has 1 rings (SSSR count). The maximum atomic E-state index is 11.7. The highest BCUT2D eigenvalue weighted by Gasteiger charge is 2.29. The summed E-state index contributed by atoms with van der Waals surface area (Å²) in [5.41, 5.74) is -0.562. The standard InChI is InChI=1S/C13H23NO4/c1-13(2,3)18-12(17)14-10(8-11(15)16)9-6-4-5-7-9/h9-10H,4-8H2,1-3H3,(H,14,17)(H,15,16)/t10-/m1/s1. The number of carbonyl (C=O) groups is 2. The van der Waals surface area contributed by atoms with Crippen molar-refractivity contribution in [1.82, 2.24) is 5.32 Å². The van der Waals surface area contributed by atoms with Crippen molar-refractivity contribution >= 4 is 12.1 Å². The molecule has 0 bridgehead atoms. The van der Waals surface area contributed by atoms with Crippen molar-refractivity contribution in [1.29, 1.82) is 0 Å². The lowest BCUT2D eigenvalue weighted by molar-refractivity contribution is -0.137. The zero-order chi connectivity index (χ0) is 13.8. The summed E-state index contributed by atoms with van der Waals surface area (Å²) in [4.78, 5) is 22.5. The molecule has 18 heavy (non-hydrogen) atoms. The van der Waals surface area contributed by atoms with Crippen LogP contribution in [0, 0.1) is 5.92 Å². The summed E-state index contributed by atoms with van der Waals surface area (Å²) in [6, 6.07) is -0.320. The molecule has 0 aromatic heterocycles. The first-order valence-corrected chi connectivity index (χ1v) is 6.49. The molecule has 0 aromatic rings. The van der Waals surface area contributed by atoms with E-state index in [1.54, 1.807) is 20.8 Å². The maximum Gasteiger partial charge on any atom is 0.407 e. The van der Waals surface area contributed by atoms with E-state index in [1.807, 2.05) is 0 Å². The van der Waals surface area contributed by atoms with Gasteiger partial charge >= 0.3 is 12.1 Å². The minimum atomic E-state index is -0.886. The SMILES string of the molecule is CC(C)(C)OC(=O)N[C@H](CC(=O)O)C1CCCC1. The summed E-state index contributed by atoms with van der Waals surface area (Å²) in [7, 11) is 0. The van der Waals surface area contributed by atoms with Crippen molar-refractivity contribution < 1.29 is 19.4 Å². The molecule has 5 nitrogen and oxygen atoms in total. The quantitative estimate of drug-likeness (QED) is 0.811. The van der Waals surface area contributed by atoms with E-state index in [0.717, 1.165) is 25.7 Å². The number of nitrogens with one attached hydrogen (secondary N) is 1. The van der Waals surface area contributed by atoms with Crippen molar-refractivity contribution in [3.05, 3.63) is 0 Å². The average molecular weight is 257 g/mol. The first-order valence-electron chi connectivity index (χ1n) is 6.49. The molecule has 0 spiro atoms. The molecule has 0 unspecified atom stereocenters. The topological polar surface area (TPSA) is 75.6 Å². The largest absolute Gasteiger partial charge is 0.481 e. The van der Waals surface area contributed by atoms with Crippen LogP contribution in [0.2, 0.25) is 0 Å². The minimum Gasteiger partial charge on any atom is -0.481 e. The lowest BCUT2D eigenvalue weighted by atomic mass is 9.95. The fraction of sp³-hybridized carbons (Fsp3) is 0.846. The second kappa shape index (κ2) is 6.07. The van der Waals surface area contributed by atoms with Gasteiger partial charge in [-0.25, -0.2) is 4.79 Å². The van der Waals surface area contributed by atoms with Crippen molar-refractivity contribution in [2.75, 3.05) is 0 Å². The highest BCUT2D eigenvalue weighted by Crippen LogP contribution is 2.29. The van der Waals surface area contributed by atoms with Crippen LogP contribution in [0.15, 0.2) is 0 Å². The van der Waals surface area contributed by atoms with E-state index in [4.69, 9.17) is 9.84 Å². The van der Waals surface area contributed by atoms with Crippen LogP contribution >= 0.6 is 0 Å². The van der Waals surface area contributed by atoms with Gasteiger partial charge in [-0.2, -0.15) is 0 Å². The molecule has 1 aliphatic rings. The number of rotatable bonds is 4. The molecule has 1 saturated carbocycles. The summed E-state index contributed by atoms with van der Waals surface area (Å²) < 4.78 is 5.17. The third kappa shape index (κ3) is 5.38. The van der Waals surface area contributed by atoms with Gasteiger partial charge in [-0.3, -0.25) is 4.79 Å². The van der Waals surface area contributed by atoms with E-state index in [1.165, 1.54) is 0 Å². The number of carboxylic acid groups (broad SMARTS) is 1. The van der Waals surface area contributed by atoms with E-state index in [2.05, 4.69) is 5.32 Å². The number of carboxylic acids is 1. The molecular formula is C13H23NO4. The smallest absolute Gasteiger partial charge is 0.407 e. The van der Waals surface area contributed by atoms with Crippen LogP contribution in [0.4, 0.5) is 4.79 Å². The fourth-order valence-corrected chi connectivity index (χ4v) is 2.34. The summed E-state index contributed by atoms with van der Waals surface area (Å²) in [5.74, 6) is -0.628. The van der Waals surface area contributed by atoms with Crippen molar-refractivity contribution in [2.45, 2.75) is 64.5 Å². The normalized spacial score (nSPS) is 18.4. The zero-order valence-electron chi connectivity index (χ0n) is 11.4. The van der Waals surface area contributed by atoms with Crippen LogP contribution in [0.3, 0.4) is 0 Å². The number of aliphatic carboxylic acids is 1. The second-order valence-electron chi connectivity index (χ2n) is 5.90. The molecule has 1 atom stereocenters. The van der Waals surface area contributed by atoms with Gasteiger partial charge < -0.3 is 15.2 Å². The summed E-state index contributed by atoms with van der Waals surface area (Å²) in [6.45, 7) is 5.36. The molecule has 0 saturated heterocycles. The zero-order valence-corrected chi connectivity index (χ0v) is 11.4. The number of hydrogen-bond acceptors (Lipinski definition) is 3. The van der Waals surface area contributed by atoms with Crippen LogP contribution in [0.25, 0.3) is 0 Å². The minimum absolute atomic E-state index is 0.0378. The Morgan fingerprint density at radius 2 is 1.89 bits per heavy atom. The molecule has 0 radical (unpaired) electrons. The van der Waals surface area contributed by atoms with E-state index < -0.39 is 17.7 Å². The van der Waals surface area contributed by atoms with Gasteiger partial charge in [0, 0.05) is 6.04 Å². The molecule has 5 heteroatoms. The van der Waals surface area contributed by atoms with E-state index >= 15 is 0 Å². The molecule has 1 amide bonds. The molecule has 2 N–H and O–H groups in total. The van der Waals surface area contributed by atoms with Gasteiger partial charge in [0.25, 0.3) is 0 Å². The Kier molecular flexibility index (Phi) is 4.99. The van der Waals surface area contributed by atoms with Gasteiger partial charge in [-0.15, -0.1) is 0 Å². The summed E-state index contributed by atoms with van der Waals surface area (Å²) in [5, 5.41) is 11.6. The molecule has 1 aliphatic carbocycles. The lowest BCUT2D eigenvalue weighted by Gasteiger charge is -2.26. The summed E-state index contributed by atoms with van der Waals surface area (Å²) in [6.07, 6.45) is 3.61. The van der Waals surface area contributed by atoms with Crippen molar-refractivity contribution in [3.63, 3.8) is 0 Å². The second-order valence-corrected chi connectivity index (χ2v) is 5.90. The predicted molar refractivity (Wildman–Crippen MR) is 67.4 cm³/mol. The van der Waals surface area contributed by atoms with Crippen molar-refractivity contribution in [2.24, 2.45) is 5.92 Å². The van der Waals surface area contributed by atoms with Crippen LogP contribution in [0.5, 0.6) is 0 Å². The first-order chi connectivity index (χ1) is 8.28. The van der Waals surface area contributed by atoms with Crippen LogP contribution < -0.4 is 5.32 Å². The summed E-state index contributed by atoms with van der Waals surface area (Å²) >= 11 is 0. The van der Waals surface area contributed by atoms with Crippen LogP contribution in [-0.4, -0.2) is 28.8 Å². The molecule has 1 fully saturated rings. The van der Waals surface area contributed by atoms with Gasteiger partial charge in [-0.05, 0) is 39.5 Å². The third-order valence-corrected chi connectivity index (χ3v) is 3.07. The molecule has 0 aromatic carbocycles. The number of carbonyl (C=O) groups excluding carboxylic acids is 1. The molecule has 104 valence electrons. The lowest BCUT2D eigenvalue weighted by Crippen LogP contribution is -2.43. The Morgan fingerprint density at radius 1 is 1.33 bits per heavy atom. The highest BCUT2D eigenvalue weighted by molar-refractivity contribution is 5.71. The Morgan fingerprint density at radius 3 is 2.33 bits per heavy atom. The van der Waals surface area contributed by atoms with Gasteiger partial charge in [0.05, 0.1) is 6.42 Å². The van der Waals surface area contributed by atoms with Crippen LogP contribution in [0.1, 0.15) is 52.9 Å². The Labute approximate surface area is 108 Å². The van der Waals surface area contributed by atoms with Gasteiger partial charge in [0.2, 0.25) is 0 Å².